The molecule has 21 heavy (non-hydrogen) atoms. The lowest BCUT2D eigenvalue weighted by atomic mass is 10.1. The maximum absolute atomic E-state index is 12.5. The molecule has 2 aromatic carbocycles. The van der Waals surface area contributed by atoms with E-state index < -0.39 is 16.0 Å². The van der Waals surface area contributed by atoms with E-state index in [1.807, 2.05) is 43.3 Å². The van der Waals surface area contributed by atoms with E-state index in [9.17, 15) is 9.00 Å². The second-order valence-corrected chi connectivity index (χ2v) is 6.77. The summed E-state index contributed by atoms with van der Waals surface area (Å²) in [5, 5.41) is 0.0940. The molecule has 0 spiro atoms. The summed E-state index contributed by atoms with van der Waals surface area (Å²) in [7, 11) is -1.28. The lowest BCUT2D eigenvalue weighted by molar-refractivity contribution is 0.0986. The molecule has 0 aromatic heterocycles. The number of halogens is 1. The lowest BCUT2D eigenvalue weighted by Gasteiger charge is -2.14. The molecule has 0 aliphatic rings. The van der Waals surface area contributed by atoms with E-state index in [-0.39, 0.29) is 5.78 Å². The second-order valence-electron chi connectivity index (χ2n) is 4.74. The third-order valence-electron chi connectivity index (χ3n) is 3.29. The maximum Gasteiger partial charge on any atom is 0.178 e. The molecule has 0 saturated heterocycles. The molecule has 0 saturated carbocycles. The molecule has 0 radical (unpaired) electrons. The van der Waals surface area contributed by atoms with Gasteiger partial charge in [-0.25, -0.2) is 0 Å². The fourth-order valence-corrected chi connectivity index (χ4v) is 3.94. The van der Waals surface area contributed by atoms with Crippen LogP contribution < -0.4 is 0 Å². The minimum absolute atomic E-state index is 0.0662. The van der Waals surface area contributed by atoms with Crippen molar-refractivity contribution in [1.29, 1.82) is 0 Å². The van der Waals surface area contributed by atoms with Gasteiger partial charge in [0.1, 0.15) is 0 Å². The van der Waals surface area contributed by atoms with Crippen LogP contribution in [0.4, 0.5) is 0 Å². The molecular weight excluding hydrogens is 304 g/mol. The highest BCUT2D eigenvalue weighted by atomic mass is 35.5. The van der Waals surface area contributed by atoms with Crippen LogP contribution in [-0.2, 0) is 16.6 Å². The van der Waals surface area contributed by atoms with E-state index in [1.165, 1.54) is 0 Å². The van der Waals surface area contributed by atoms with Gasteiger partial charge in [-0.15, -0.1) is 0 Å². The Hall–Kier alpha value is -1.45. The number of carbonyl (C=O) groups is 1. The van der Waals surface area contributed by atoms with Crippen LogP contribution in [0.3, 0.4) is 0 Å². The van der Waals surface area contributed by atoms with E-state index in [0.717, 1.165) is 5.56 Å². The van der Waals surface area contributed by atoms with Crippen molar-refractivity contribution >= 4 is 28.2 Å². The van der Waals surface area contributed by atoms with Gasteiger partial charge in [0.25, 0.3) is 0 Å². The van der Waals surface area contributed by atoms with Crippen molar-refractivity contribution in [3.05, 3.63) is 70.7 Å². The Morgan fingerprint density at radius 1 is 1.10 bits per heavy atom. The van der Waals surface area contributed by atoms with Crippen LogP contribution in [0.1, 0.15) is 29.3 Å². The minimum Gasteiger partial charge on any atom is -0.293 e. The first-order valence-corrected chi connectivity index (χ1v) is 8.59. The van der Waals surface area contributed by atoms with Gasteiger partial charge in [-0.1, -0.05) is 67.1 Å². The summed E-state index contributed by atoms with van der Waals surface area (Å²) in [5.74, 6) is 0.236. The number of hydrogen-bond donors (Lipinski definition) is 0. The van der Waals surface area contributed by atoms with E-state index in [2.05, 4.69) is 0 Å². The van der Waals surface area contributed by atoms with Crippen LogP contribution in [-0.4, -0.2) is 15.2 Å². The van der Waals surface area contributed by atoms with Crippen molar-refractivity contribution in [1.82, 2.24) is 0 Å². The van der Waals surface area contributed by atoms with Crippen LogP contribution in [0, 0.1) is 0 Å². The smallest absolute Gasteiger partial charge is 0.178 e. The third-order valence-corrected chi connectivity index (χ3v) is 5.44. The summed E-state index contributed by atoms with van der Waals surface area (Å²) in [4.78, 5) is 12.5. The van der Waals surface area contributed by atoms with Crippen LogP contribution in [0.15, 0.2) is 54.6 Å². The topological polar surface area (TPSA) is 34.1 Å². The van der Waals surface area contributed by atoms with Gasteiger partial charge in [0.05, 0.1) is 11.0 Å². The molecule has 0 aliphatic carbocycles. The first-order valence-electron chi connectivity index (χ1n) is 6.83. The van der Waals surface area contributed by atoms with Crippen LogP contribution in [0.2, 0.25) is 5.02 Å². The largest absolute Gasteiger partial charge is 0.293 e. The molecule has 0 amide bonds. The predicted molar refractivity (Wildman–Crippen MR) is 88.1 cm³/mol. The summed E-state index contributed by atoms with van der Waals surface area (Å²) in [6.07, 6.45) is 0.546. The Morgan fingerprint density at radius 3 is 2.33 bits per heavy atom. The molecular formula is C17H17ClO2S. The van der Waals surface area contributed by atoms with Gasteiger partial charge in [0, 0.05) is 21.4 Å². The first kappa shape index (κ1) is 15.9. The number of carbonyl (C=O) groups excluding carboxylic acids is 1. The van der Waals surface area contributed by atoms with E-state index >= 15 is 0 Å². The van der Waals surface area contributed by atoms with E-state index in [4.69, 9.17) is 11.6 Å². The lowest BCUT2D eigenvalue weighted by Crippen LogP contribution is -2.26. The zero-order valence-electron chi connectivity index (χ0n) is 11.8. The van der Waals surface area contributed by atoms with Gasteiger partial charge in [-0.2, -0.15) is 0 Å². The van der Waals surface area contributed by atoms with Gasteiger partial charge in [-0.05, 0) is 18.1 Å². The number of hydrogen-bond acceptors (Lipinski definition) is 2. The van der Waals surface area contributed by atoms with Crippen LogP contribution in [0.5, 0.6) is 0 Å². The summed E-state index contributed by atoms with van der Waals surface area (Å²) >= 11 is 6.09. The highest BCUT2D eigenvalue weighted by molar-refractivity contribution is 7.85. The Kier molecular flexibility index (Phi) is 5.71. The summed E-state index contributed by atoms with van der Waals surface area (Å²) in [5.41, 5.74) is 1.42. The van der Waals surface area contributed by atoms with Crippen molar-refractivity contribution in [2.45, 2.75) is 24.3 Å². The Balaban J connectivity index is 2.16. The minimum atomic E-state index is -1.28. The normalized spacial score (nSPS) is 13.6. The number of benzene rings is 2. The van der Waals surface area contributed by atoms with Gasteiger partial charge >= 0.3 is 0 Å². The molecule has 0 N–H and O–H groups in total. The summed E-state index contributed by atoms with van der Waals surface area (Å²) in [6, 6.07) is 16.3. The Labute approximate surface area is 132 Å². The number of rotatable bonds is 6. The van der Waals surface area contributed by atoms with Gasteiger partial charge < -0.3 is 0 Å². The zero-order chi connectivity index (χ0) is 15.2. The molecule has 2 rings (SSSR count). The molecule has 2 unspecified atom stereocenters. The highest BCUT2D eigenvalue weighted by Crippen LogP contribution is 2.20. The average molecular weight is 321 g/mol. The molecule has 0 bridgehead atoms. The molecule has 2 atom stereocenters. The molecule has 0 aliphatic heterocycles. The number of Topliss-reactive ketones (excluding diaryl/α,β-unsaturated/α-hetero) is 1. The van der Waals surface area contributed by atoms with Crippen molar-refractivity contribution in [3.63, 3.8) is 0 Å². The molecule has 2 nitrogen and oxygen atoms in total. The quantitative estimate of drug-likeness (QED) is 0.746. The predicted octanol–water partition coefficient (Wildman–Crippen LogP) is 4.25. The fraction of sp³-hybridized carbons (Fsp3) is 0.235. The van der Waals surface area contributed by atoms with Crippen LogP contribution >= 0.6 is 11.6 Å². The van der Waals surface area contributed by atoms with Gasteiger partial charge in [-0.3, -0.25) is 9.00 Å². The Bertz CT molecular complexity index is 640. The molecule has 110 valence electrons. The van der Waals surface area contributed by atoms with E-state index in [1.54, 1.807) is 18.2 Å². The molecule has 0 fully saturated rings. The Morgan fingerprint density at radius 2 is 1.71 bits per heavy atom. The molecule has 2 aromatic rings. The standard InChI is InChI=1S/C17H17ClO2S/c1-2-16(17(19)13-8-4-3-5-9-13)21(20)12-14-10-6-7-11-15(14)18/h3-11,16H,2,12H2,1H3. The highest BCUT2D eigenvalue weighted by Gasteiger charge is 2.24. The summed E-state index contributed by atoms with van der Waals surface area (Å²) in [6.45, 7) is 1.88. The fourth-order valence-electron chi connectivity index (χ4n) is 2.15. The SMILES string of the molecule is CCC(C(=O)c1ccccc1)S(=O)Cc1ccccc1Cl. The van der Waals surface area contributed by atoms with E-state index in [0.29, 0.717) is 22.8 Å². The summed E-state index contributed by atoms with van der Waals surface area (Å²) < 4.78 is 12.5. The molecule has 0 heterocycles. The monoisotopic (exact) mass is 320 g/mol. The second kappa shape index (κ2) is 7.53. The maximum atomic E-state index is 12.5. The number of ketones is 1. The zero-order valence-corrected chi connectivity index (χ0v) is 13.4. The van der Waals surface area contributed by atoms with Gasteiger partial charge in [0.15, 0.2) is 5.78 Å². The van der Waals surface area contributed by atoms with Crippen molar-refractivity contribution in [2.75, 3.05) is 0 Å². The van der Waals surface area contributed by atoms with Crippen molar-refractivity contribution in [3.8, 4) is 0 Å². The van der Waals surface area contributed by atoms with Crippen LogP contribution in [0.25, 0.3) is 0 Å². The van der Waals surface area contributed by atoms with Crippen molar-refractivity contribution < 1.29 is 9.00 Å². The first-order chi connectivity index (χ1) is 10.1. The average Bonchev–Trinajstić information content (AvgIpc) is 2.51. The van der Waals surface area contributed by atoms with Gasteiger partial charge in [0.2, 0.25) is 0 Å². The molecule has 4 heteroatoms. The van der Waals surface area contributed by atoms with Crippen molar-refractivity contribution in [2.24, 2.45) is 0 Å². The third kappa shape index (κ3) is 4.02.